The van der Waals surface area contributed by atoms with E-state index < -0.39 is 0 Å². The van der Waals surface area contributed by atoms with Gasteiger partial charge in [-0.25, -0.2) is 0 Å². The number of nitrogens with one attached hydrogen (secondary N) is 1. The van der Waals surface area contributed by atoms with Crippen LogP contribution in [0.5, 0.6) is 0 Å². The van der Waals surface area contributed by atoms with Crippen LogP contribution >= 0.6 is 0 Å². The van der Waals surface area contributed by atoms with E-state index in [0.29, 0.717) is 13.1 Å². The average molecular weight is 364 g/mol. The Hall–Kier alpha value is -2.62. The number of fused-ring (bicyclic) bond motifs is 1. The Morgan fingerprint density at radius 1 is 1.11 bits per heavy atom. The summed E-state index contributed by atoms with van der Waals surface area (Å²) >= 11 is 0. The summed E-state index contributed by atoms with van der Waals surface area (Å²) in [4.78, 5) is 27.1. The first-order valence-corrected chi connectivity index (χ1v) is 9.82. The number of amides is 2. The van der Waals surface area contributed by atoms with E-state index >= 15 is 0 Å². The zero-order valence-electron chi connectivity index (χ0n) is 16.4. The van der Waals surface area contributed by atoms with E-state index in [1.807, 2.05) is 62.1 Å². The van der Waals surface area contributed by atoms with Crippen LogP contribution in [0.15, 0.2) is 42.5 Å². The molecule has 0 saturated heterocycles. The maximum Gasteiger partial charge on any atom is 0.258 e. The van der Waals surface area contributed by atoms with E-state index in [2.05, 4.69) is 11.4 Å². The number of anilines is 1. The fourth-order valence-electron chi connectivity index (χ4n) is 3.70. The zero-order chi connectivity index (χ0) is 19.4. The van der Waals surface area contributed by atoms with Crippen molar-refractivity contribution in [2.75, 3.05) is 11.4 Å². The summed E-state index contributed by atoms with van der Waals surface area (Å²) in [5, 5.41) is 3.03. The number of hydrogen-bond acceptors (Lipinski definition) is 2. The van der Waals surface area contributed by atoms with Gasteiger partial charge in [-0.15, -0.1) is 0 Å². The molecule has 0 radical (unpaired) electrons. The highest BCUT2D eigenvalue weighted by Crippen LogP contribution is 2.31. The summed E-state index contributed by atoms with van der Waals surface area (Å²) in [5.74, 6) is 0.219. The molecule has 2 aromatic rings. The topological polar surface area (TPSA) is 49.4 Å². The van der Waals surface area contributed by atoms with Gasteiger partial charge in [-0.1, -0.05) is 44.2 Å². The number of benzene rings is 2. The molecule has 0 atom stereocenters. The van der Waals surface area contributed by atoms with Crippen molar-refractivity contribution in [3.63, 3.8) is 0 Å². The van der Waals surface area contributed by atoms with Crippen LogP contribution in [0.1, 0.15) is 53.7 Å². The fourth-order valence-corrected chi connectivity index (χ4v) is 3.70. The minimum atomic E-state index is 0.0464. The molecule has 2 amide bonds. The lowest BCUT2D eigenvalue weighted by Gasteiger charge is -2.19. The van der Waals surface area contributed by atoms with Crippen LogP contribution < -0.4 is 10.2 Å². The zero-order valence-corrected chi connectivity index (χ0v) is 16.4. The van der Waals surface area contributed by atoms with Crippen LogP contribution in [-0.2, 0) is 17.8 Å². The quantitative estimate of drug-likeness (QED) is 0.833. The molecule has 3 rings (SSSR count). The molecule has 2 aromatic carbocycles. The van der Waals surface area contributed by atoms with Crippen LogP contribution in [0, 0.1) is 12.8 Å². The Kier molecular flexibility index (Phi) is 5.94. The van der Waals surface area contributed by atoms with Gasteiger partial charge in [-0.3, -0.25) is 9.59 Å². The third-order valence-electron chi connectivity index (χ3n) is 5.49. The predicted molar refractivity (Wildman–Crippen MR) is 109 cm³/mol. The first-order valence-electron chi connectivity index (χ1n) is 9.82. The van der Waals surface area contributed by atoms with Crippen LogP contribution in [0.2, 0.25) is 0 Å². The largest absolute Gasteiger partial charge is 0.352 e. The van der Waals surface area contributed by atoms with Crippen molar-refractivity contribution in [3.8, 4) is 0 Å². The molecule has 142 valence electrons. The smallest absolute Gasteiger partial charge is 0.258 e. The first-order chi connectivity index (χ1) is 13.0. The Balaban J connectivity index is 1.76. The molecular weight excluding hydrogens is 336 g/mol. The van der Waals surface area contributed by atoms with Gasteiger partial charge in [0.25, 0.3) is 5.91 Å². The lowest BCUT2D eigenvalue weighted by molar-refractivity contribution is -0.125. The fraction of sp³-hybridized carbons (Fsp3) is 0.391. The second kappa shape index (κ2) is 8.38. The molecule has 0 bridgehead atoms. The van der Waals surface area contributed by atoms with Gasteiger partial charge in [-0.2, -0.15) is 0 Å². The molecule has 4 heteroatoms. The SMILES string of the molecule is CCC(CC)C(=O)NCc1ccc2c(c1)N(C(=O)c1ccccc1C)CC2. The van der Waals surface area contributed by atoms with Crippen molar-refractivity contribution >= 4 is 17.5 Å². The van der Waals surface area contributed by atoms with Crippen molar-refractivity contribution in [1.82, 2.24) is 5.32 Å². The van der Waals surface area contributed by atoms with Gasteiger partial charge in [0.2, 0.25) is 5.91 Å². The number of carbonyl (C=O) groups excluding carboxylic acids is 2. The van der Waals surface area contributed by atoms with E-state index in [1.54, 1.807) is 0 Å². The van der Waals surface area contributed by atoms with Crippen molar-refractivity contribution in [2.45, 2.75) is 46.6 Å². The van der Waals surface area contributed by atoms with Crippen LogP contribution in [0.25, 0.3) is 0 Å². The average Bonchev–Trinajstić information content (AvgIpc) is 3.10. The normalized spacial score (nSPS) is 13.0. The molecule has 0 spiro atoms. The van der Waals surface area contributed by atoms with E-state index in [0.717, 1.165) is 41.6 Å². The molecule has 0 aliphatic carbocycles. The van der Waals surface area contributed by atoms with Crippen LogP contribution in [0.3, 0.4) is 0 Å². The second-order valence-electron chi connectivity index (χ2n) is 7.22. The second-order valence-corrected chi connectivity index (χ2v) is 7.22. The molecule has 4 nitrogen and oxygen atoms in total. The van der Waals surface area contributed by atoms with Gasteiger partial charge in [0.05, 0.1) is 0 Å². The minimum absolute atomic E-state index is 0.0464. The van der Waals surface area contributed by atoms with E-state index in [9.17, 15) is 9.59 Å². The van der Waals surface area contributed by atoms with Crippen LogP contribution in [0.4, 0.5) is 5.69 Å². The van der Waals surface area contributed by atoms with Crippen molar-refractivity contribution < 1.29 is 9.59 Å². The molecular formula is C23H28N2O2. The van der Waals surface area contributed by atoms with Gasteiger partial charge >= 0.3 is 0 Å². The summed E-state index contributed by atoms with van der Waals surface area (Å²) in [6.45, 7) is 7.24. The van der Waals surface area contributed by atoms with Gasteiger partial charge < -0.3 is 10.2 Å². The lowest BCUT2D eigenvalue weighted by Crippen LogP contribution is -2.30. The first kappa shape index (κ1) is 19.2. The molecule has 0 aromatic heterocycles. The molecule has 1 heterocycles. The highest BCUT2D eigenvalue weighted by molar-refractivity contribution is 6.08. The molecule has 1 aliphatic heterocycles. The summed E-state index contributed by atoms with van der Waals surface area (Å²) in [6.07, 6.45) is 2.57. The molecule has 1 aliphatic rings. The van der Waals surface area contributed by atoms with E-state index in [-0.39, 0.29) is 17.7 Å². The standard InChI is InChI=1S/C23H28N2O2/c1-4-18(5-2)22(26)24-15-17-10-11-19-12-13-25(21(19)14-17)23(27)20-9-7-6-8-16(20)3/h6-11,14,18H,4-5,12-13,15H2,1-3H3,(H,24,26). The van der Waals surface area contributed by atoms with Crippen LogP contribution in [-0.4, -0.2) is 18.4 Å². The number of nitrogens with zero attached hydrogens (tertiary/aromatic N) is 1. The third kappa shape index (κ3) is 4.05. The van der Waals surface area contributed by atoms with Crippen molar-refractivity contribution in [3.05, 3.63) is 64.7 Å². The summed E-state index contributed by atoms with van der Waals surface area (Å²) in [5.41, 5.74) is 4.92. The van der Waals surface area contributed by atoms with Gasteiger partial charge in [-0.05, 0) is 55.0 Å². The summed E-state index contributed by atoms with van der Waals surface area (Å²) < 4.78 is 0. The van der Waals surface area contributed by atoms with E-state index in [4.69, 9.17) is 0 Å². The monoisotopic (exact) mass is 364 g/mol. The predicted octanol–water partition coefficient (Wildman–Crippen LogP) is 4.25. The molecule has 0 saturated carbocycles. The third-order valence-corrected chi connectivity index (χ3v) is 5.49. The van der Waals surface area contributed by atoms with E-state index in [1.165, 1.54) is 5.56 Å². The highest BCUT2D eigenvalue weighted by atomic mass is 16.2. The van der Waals surface area contributed by atoms with Gasteiger partial charge in [0, 0.05) is 30.3 Å². The van der Waals surface area contributed by atoms with Crippen molar-refractivity contribution in [1.29, 1.82) is 0 Å². The van der Waals surface area contributed by atoms with Crippen molar-refractivity contribution in [2.24, 2.45) is 5.92 Å². The summed E-state index contributed by atoms with van der Waals surface area (Å²) in [7, 11) is 0. The minimum Gasteiger partial charge on any atom is -0.352 e. The Morgan fingerprint density at radius 3 is 2.56 bits per heavy atom. The Labute approximate surface area is 161 Å². The maximum absolute atomic E-state index is 13.0. The number of aryl methyl sites for hydroxylation is 1. The lowest BCUT2D eigenvalue weighted by atomic mass is 10.0. The highest BCUT2D eigenvalue weighted by Gasteiger charge is 2.26. The summed E-state index contributed by atoms with van der Waals surface area (Å²) in [6, 6.07) is 13.9. The van der Waals surface area contributed by atoms with Gasteiger partial charge in [0.15, 0.2) is 0 Å². The maximum atomic E-state index is 13.0. The molecule has 27 heavy (non-hydrogen) atoms. The number of rotatable bonds is 6. The molecule has 1 N–H and O–H groups in total. The Bertz CT molecular complexity index is 840. The van der Waals surface area contributed by atoms with Gasteiger partial charge in [0.1, 0.15) is 0 Å². The Morgan fingerprint density at radius 2 is 1.85 bits per heavy atom. The number of carbonyl (C=O) groups is 2. The number of hydrogen-bond donors (Lipinski definition) is 1. The molecule has 0 unspecified atom stereocenters. The molecule has 0 fully saturated rings.